The summed E-state index contributed by atoms with van der Waals surface area (Å²) < 4.78 is 44.9. The fraction of sp³-hybridized carbons (Fsp3) is 0.296. The van der Waals surface area contributed by atoms with Gasteiger partial charge in [-0.2, -0.15) is 18.3 Å². The Hall–Kier alpha value is -4.72. The van der Waals surface area contributed by atoms with Gasteiger partial charge in [0.2, 0.25) is 0 Å². The number of rotatable bonds is 4. The third-order valence-corrected chi connectivity index (χ3v) is 6.23. The average Bonchev–Trinajstić information content (AvgIpc) is 3.34. The predicted molar refractivity (Wildman–Crippen MR) is 142 cm³/mol. The number of benzene rings is 2. The van der Waals surface area contributed by atoms with Crippen LogP contribution in [-0.4, -0.2) is 80.8 Å². The van der Waals surface area contributed by atoms with Crippen molar-refractivity contribution < 1.29 is 37.3 Å². The van der Waals surface area contributed by atoms with Crippen LogP contribution in [0.3, 0.4) is 0 Å². The Kier molecular flexibility index (Phi) is 8.71. The van der Waals surface area contributed by atoms with Crippen molar-refractivity contribution in [3.8, 4) is 34.0 Å². The van der Waals surface area contributed by atoms with Crippen LogP contribution in [0.5, 0.6) is 11.5 Å². The maximum absolute atomic E-state index is 13.0. The molecule has 0 saturated carbocycles. The number of alkyl halides is 3. The normalized spacial score (nSPS) is 15.2. The Morgan fingerprint density at radius 1 is 1.10 bits per heavy atom. The standard InChI is InChI=1S/C25H26N6O3.C2HF3O2/c1-16-13-26-9-10-31(16)25(32)34-22-11-18-20(12-21(22)33-3)27-15-28-24(18)19-14-30(2)29-23(19)17-7-5-4-6-8-17;3-2(4,5)1(6)7/h4-8,11-12,14-16,26H,9-10,13H2,1-3H3;(H,6,7)/t16-;/m0./s1. The molecule has 1 aliphatic rings. The number of hydrogen-bond donors (Lipinski definition) is 2. The van der Waals surface area contributed by atoms with Crippen LogP contribution in [0.25, 0.3) is 33.4 Å². The van der Waals surface area contributed by atoms with Crippen LogP contribution in [0, 0.1) is 0 Å². The van der Waals surface area contributed by atoms with Gasteiger partial charge in [0.05, 0.1) is 18.3 Å². The molecule has 11 nitrogen and oxygen atoms in total. The van der Waals surface area contributed by atoms with E-state index in [9.17, 15) is 18.0 Å². The van der Waals surface area contributed by atoms with Crippen LogP contribution in [0.4, 0.5) is 18.0 Å². The molecule has 5 rings (SSSR count). The molecule has 2 N–H and O–H groups in total. The fourth-order valence-electron chi connectivity index (χ4n) is 4.25. The second kappa shape index (κ2) is 12.2. The highest BCUT2D eigenvalue weighted by atomic mass is 19.4. The zero-order chi connectivity index (χ0) is 29.7. The number of hydrogen-bond acceptors (Lipinski definition) is 8. The van der Waals surface area contributed by atoms with Crippen molar-refractivity contribution >= 4 is 23.0 Å². The van der Waals surface area contributed by atoms with E-state index in [1.54, 1.807) is 28.8 Å². The summed E-state index contributed by atoms with van der Waals surface area (Å²) >= 11 is 0. The number of carboxylic acid groups (broad SMARTS) is 1. The molecule has 14 heteroatoms. The number of fused-ring (bicyclic) bond motifs is 1. The molecule has 1 saturated heterocycles. The summed E-state index contributed by atoms with van der Waals surface area (Å²) in [6.07, 6.45) is -2.04. The highest BCUT2D eigenvalue weighted by molar-refractivity contribution is 5.97. The van der Waals surface area contributed by atoms with Crippen molar-refractivity contribution in [1.82, 2.24) is 30.0 Å². The van der Waals surface area contributed by atoms with E-state index in [0.717, 1.165) is 35.3 Å². The summed E-state index contributed by atoms with van der Waals surface area (Å²) in [6.45, 7) is 4.03. The first kappa shape index (κ1) is 29.3. The Bertz CT molecular complexity index is 1540. The van der Waals surface area contributed by atoms with E-state index < -0.39 is 18.2 Å². The lowest BCUT2D eigenvalue weighted by Crippen LogP contribution is -2.53. The predicted octanol–water partition coefficient (Wildman–Crippen LogP) is 4.13. The number of aliphatic carboxylic acids is 1. The molecule has 1 aliphatic heterocycles. The SMILES string of the molecule is COc1cc2ncnc(-c3cn(C)nc3-c3ccccc3)c2cc1OC(=O)N1CCNC[C@@H]1C.O=C(O)C(F)(F)F. The number of carbonyl (C=O) groups excluding carboxylic acids is 1. The minimum Gasteiger partial charge on any atom is -0.493 e. The van der Waals surface area contributed by atoms with E-state index in [1.807, 2.05) is 50.5 Å². The summed E-state index contributed by atoms with van der Waals surface area (Å²) in [4.78, 5) is 32.6. The molecule has 2 aromatic heterocycles. The highest BCUT2D eigenvalue weighted by Crippen LogP contribution is 2.38. The van der Waals surface area contributed by atoms with Gasteiger partial charge in [-0.25, -0.2) is 19.6 Å². The van der Waals surface area contributed by atoms with Gasteiger partial charge in [-0.05, 0) is 13.0 Å². The second-order valence-corrected chi connectivity index (χ2v) is 9.09. The lowest BCUT2D eigenvalue weighted by molar-refractivity contribution is -0.192. The van der Waals surface area contributed by atoms with Gasteiger partial charge in [-0.3, -0.25) is 4.68 Å². The molecule has 0 radical (unpaired) electrons. The number of piperazine rings is 1. The monoisotopic (exact) mass is 572 g/mol. The van der Waals surface area contributed by atoms with Gasteiger partial charge in [0, 0.05) is 61.5 Å². The zero-order valence-electron chi connectivity index (χ0n) is 22.3. The van der Waals surface area contributed by atoms with Crippen molar-refractivity contribution in [1.29, 1.82) is 0 Å². The molecule has 2 aromatic carbocycles. The maximum atomic E-state index is 13.0. The summed E-state index contributed by atoms with van der Waals surface area (Å²) in [7, 11) is 3.42. The molecule has 1 amide bonds. The Morgan fingerprint density at radius 2 is 1.80 bits per heavy atom. The van der Waals surface area contributed by atoms with E-state index >= 15 is 0 Å². The van der Waals surface area contributed by atoms with E-state index in [-0.39, 0.29) is 6.04 Å². The molecule has 0 aliphatic carbocycles. The maximum Gasteiger partial charge on any atom is 0.490 e. The third kappa shape index (κ3) is 6.72. The van der Waals surface area contributed by atoms with Crippen molar-refractivity contribution in [3.05, 3.63) is 55.0 Å². The zero-order valence-corrected chi connectivity index (χ0v) is 22.3. The number of ether oxygens (including phenoxy) is 2. The molecule has 1 atom stereocenters. The lowest BCUT2D eigenvalue weighted by Gasteiger charge is -2.33. The highest BCUT2D eigenvalue weighted by Gasteiger charge is 2.38. The number of nitrogens with one attached hydrogen (secondary N) is 1. The van der Waals surface area contributed by atoms with E-state index in [0.29, 0.717) is 29.3 Å². The van der Waals surface area contributed by atoms with Crippen molar-refractivity contribution in [2.75, 3.05) is 26.7 Å². The molecular weight excluding hydrogens is 545 g/mol. The number of aromatic nitrogens is 4. The number of methoxy groups -OCH3 is 1. The number of carboxylic acids is 1. The molecule has 0 bridgehead atoms. The first-order valence-electron chi connectivity index (χ1n) is 12.4. The molecular formula is C27H27F3N6O5. The average molecular weight is 573 g/mol. The minimum absolute atomic E-state index is 0.0374. The van der Waals surface area contributed by atoms with Crippen molar-refractivity contribution in [2.45, 2.75) is 19.1 Å². The Morgan fingerprint density at radius 3 is 2.44 bits per heavy atom. The molecule has 1 fully saturated rings. The van der Waals surface area contributed by atoms with E-state index in [2.05, 4.69) is 20.4 Å². The minimum atomic E-state index is -5.08. The number of carbonyl (C=O) groups is 2. The lowest BCUT2D eigenvalue weighted by atomic mass is 10.0. The van der Waals surface area contributed by atoms with Gasteiger partial charge in [0.15, 0.2) is 11.5 Å². The molecule has 0 spiro atoms. The van der Waals surface area contributed by atoms with Crippen molar-refractivity contribution in [2.24, 2.45) is 7.05 Å². The number of nitrogens with zero attached hydrogens (tertiary/aromatic N) is 5. The first-order valence-corrected chi connectivity index (χ1v) is 12.4. The van der Waals surface area contributed by atoms with Gasteiger partial charge in [0.25, 0.3) is 0 Å². The van der Waals surface area contributed by atoms with E-state index in [4.69, 9.17) is 19.4 Å². The van der Waals surface area contributed by atoms with Crippen LogP contribution in [0.2, 0.25) is 0 Å². The quantitative estimate of drug-likeness (QED) is 0.371. The molecule has 4 aromatic rings. The first-order chi connectivity index (χ1) is 19.5. The Labute approximate surface area is 232 Å². The summed E-state index contributed by atoms with van der Waals surface area (Å²) in [6, 6.07) is 13.5. The van der Waals surface area contributed by atoms with Crippen LogP contribution in [0.1, 0.15) is 6.92 Å². The van der Waals surface area contributed by atoms with Crippen LogP contribution in [0.15, 0.2) is 55.0 Å². The molecule has 216 valence electrons. The summed E-state index contributed by atoms with van der Waals surface area (Å²) in [5.74, 6) is -2.00. The van der Waals surface area contributed by atoms with Crippen LogP contribution in [-0.2, 0) is 11.8 Å². The largest absolute Gasteiger partial charge is 0.493 e. The number of aryl methyl sites for hydroxylation is 1. The van der Waals surface area contributed by atoms with Crippen molar-refractivity contribution in [3.63, 3.8) is 0 Å². The topological polar surface area (TPSA) is 132 Å². The number of halogens is 3. The Balaban J connectivity index is 0.000000493. The summed E-state index contributed by atoms with van der Waals surface area (Å²) in [5.41, 5.74) is 4.04. The second-order valence-electron chi connectivity index (χ2n) is 9.09. The van der Waals surface area contributed by atoms with Gasteiger partial charge in [-0.15, -0.1) is 0 Å². The molecule has 41 heavy (non-hydrogen) atoms. The van der Waals surface area contributed by atoms with Crippen LogP contribution < -0.4 is 14.8 Å². The molecule has 0 unspecified atom stereocenters. The smallest absolute Gasteiger partial charge is 0.490 e. The van der Waals surface area contributed by atoms with Gasteiger partial charge >= 0.3 is 18.2 Å². The van der Waals surface area contributed by atoms with Crippen LogP contribution >= 0.6 is 0 Å². The van der Waals surface area contributed by atoms with Gasteiger partial charge in [-0.1, -0.05) is 30.3 Å². The number of amides is 1. The van der Waals surface area contributed by atoms with E-state index in [1.165, 1.54) is 6.33 Å². The summed E-state index contributed by atoms with van der Waals surface area (Å²) in [5, 5.41) is 15.8. The molecule has 3 heterocycles. The third-order valence-electron chi connectivity index (χ3n) is 6.23. The fourth-order valence-corrected chi connectivity index (χ4v) is 4.25. The van der Waals surface area contributed by atoms with Gasteiger partial charge < -0.3 is 24.8 Å². The van der Waals surface area contributed by atoms with Gasteiger partial charge in [0.1, 0.15) is 12.0 Å².